The summed E-state index contributed by atoms with van der Waals surface area (Å²) in [5, 5.41) is 15.0. The number of pyridine rings is 1. The fraction of sp³-hybridized carbons (Fsp3) is 0.143. The molecule has 1 heterocycles. The van der Waals surface area contributed by atoms with E-state index in [4.69, 9.17) is 8.92 Å². The molecule has 0 amide bonds. The van der Waals surface area contributed by atoms with Crippen molar-refractivity contribution in [2.75, 3.05) is 12.5 Å². The summed E-state index contributed by atoms with van der Waals surface area (Å²) < 4.78 is 73.3. The van der Waals surface area contributed by atoms with Crippen molar-refractivity contribution in [1.82, 2.24) is 4.98 Å². The van der Waals surface area contributed by atoms with Crippen LogP contribution in [0.1, 0.15) is 16.7 Å². The molecule has 0 fully saturated rings. The van der Waals surface area contributed by atoms with Gasteiger partial charge < -0.3 is 8.92 Å². The predicted molar refractivity (Wildman–Crippen MR) is 119 cm³/mol. The van der Waals surface area contributed by atoms with Gasteiger partial charge in [0, 0.05) is 17.8 Å². The molecule has 184 valence electrons. The molecule has 14 heteroatoms. The molecule has 0 bridgehead atoms. The number of methoxy groups -OCH3 is 1. The van der Waals surface area contributed by atoms with E-state index in [9.17, 15) is 31.7 Å². The van der Waals surface area contributed by atoms with Gasteiger partial charge in [-0.15, -0.1) is 0 Å². The number of aryl methyl sites for hydroxylation is 1. The van der Waals surface area contributed by atoms with Gasteiger partial charge in [-0.05, 0) is 48.9 Å². The van der Waals surface area contributed by atoms with Crippen LogP contribution in [0.4, 0.5) is 24.7 Å². The second-order valence-electron chi connectivity index (χ2n) is 6.95. The maximum absolute atomic E-state index is 12.6. The third kappa shape index (κ3) is 6.23. The van der Waals surface area contributed by atoms with Crippen LogP contribution in [0.15, 0.2) is 64.7 Å². The molecular weight excluding hydrogens is 493 g/mol. The Balaban J connectivity index is 1.76. The highest BCUT2D eigenvalue weighted by atomic mass is 32.2. The zero-order chi connectivity index (χ0) is 25.8. The van der Waals surface area contributed by atoms with Crippen LogP contribution in [0.2, 0.25) is 0 Å². The summed E-state index contributed by atoms with van der Waals surface area (Å²) in [5.74, 6) is -0.0866. The summed E-state index contributed by atoms with van der Waals surface area (Å²) in [7, 11) is -3.14. The number of nitro groups is 1. The van der Waals surface area contributed by atoms with Crippen LogP contribution in [0, 0.1) is 17.0 Å². The standard InChI is InChI=1S/C21H17F3N4O6S/c1-13-3-6-16(10-17(13)28(29)30)35(31,32)34-18-7-4-14(9-19(18)33-2)11-26-27-20-8-5-15(12-25-20)21(22,23)24/h3-12H,1-2H3,(H,25,27)/b26-11+. The summed E-state index contributed by atoms with van der Waals surface area (Å²) in [6.45, 7) is 1.47. The van der Waals surface area contributed by atoms with Crippen LogP contribution < -0.4 is 14.3 Å². The quantitative estimate of drug-likeness (QED) is 0.202. The zero-order valence-corrected chi connectivity index (χ0v) is 18.9. The average Bonchev–Trinajstić information content (AvgIpc) is 2.79. The third-order valence-electron chi connectivity index (χ3n) is 4.54. The van der Waals surface area contributed by atoms with Gasteiger partial charge >= 0.3 is 16.3 Å². The van der Waals surface area contributed by atoms with Crippen molar-refractivity contribution in [3.63, 3.8) is 0 Å². The van der Waals surface area contributed by atoms with Crippen molar-refractivity contribution in [3.05, 3.63) is 81.5 Å². The van der Waals surface area contributed by atoms with E-state index in [0.717, 1.165) is 18.2 Å². The Labute approximate surface area is 197 Å². The number of nitro benzene ring substituents is 1. The van der Waals surface area contributed by atoms with Crippen molar-refractivity contribution in [2.24, 2.45) is 5.10 Å². The van der Waals surface area contributed by atoms with Gasteiger partial charge in [0.05, 0.1) is 23.8 Å². The average molecular weight is 510 g/mol. The number of halogens is 3. The van der Waals surface area contributed by atoms with Crippen molar-refractivity contribution in [2.45, 2.75) is 18.0 Å². The van der Waals surface area contributed by atoms with Crippen LogP contribution >= 0.6 is 0 Å². The van der Waals surface area contributed by atoms with Gasteiger partial charge in [-0.25, -0.2) is 4.98 Å². The lowest BCUT2D eigenvalue weighted by molar-refractivity contribution is -0.385. The van der Waals surface area contributed by atoms with E-state index in [0.29, 0.717) is 11.8 Å². The normalized spacial score (nSPS) is 11.9. The fourth-order valence-electron chi connectivity index (χ4n) is 2.74. The molecule has 0 saturated heterocycles. The number of nitrogens with one attached hydrogen (secondary N) is 1. The number of alkyl halides is 3. The highest BCUT2D eigenvalue weighted by Crippen LogP contribution is 2.32. The van der Waals surface area contributed by atoms with E-state index in [1.165, 1.54) is 50.6 Å². The lowest BCUT2D eigenvalue weighted by atomic mass is 10.2. The van der Waals surface area contributed by atoms with Crippen molar-refractivity contribution in [1.29, 1.82) is 0 Å². The van der Waals surface area contributed by atoms with Gasteiger partial charge in [-0.2, -0.15) is 26.7 Å². The molecule has 0 aliphatic heterocycles. The van der Waals surface area contributed by atoms with Crippen molar-refractivity contribution < 1.29 is 35.4 Å². The van der Waals surface area contributed by atoms with Crippen molar-refractivity contribution in [3.8, 4) is 11.5 Å². The third-order valence-corrected chi connectivity index (χ3v) is 5.77. The molecule has 0 unspecified atom stereocenters. The number of ether oxygens (including phenoxy) is 1. The molecule has 1 N–H and O–H groups in total. The van der Waals surface area contributed by atoms with Crippen LogP contribution in [0.25, 0.3) is 0 Å². The molecule has 2 aromatic carbocycles. The second-order valence-corrected chi connectivity index (χ2v) is 8.50. The number of hydrogen-bond donors (Lipinski definition) is 1. The molecule has 0 aliphatic carbocycles. The van der Waals surface area contributed by atoms with E-state index >= 15 is 0 Å². The molecule has 0 atom stereocenters. The van der Waals surface area contributed by atoms with Crippen LogP contribution in [0.3, 0.4) is 0 Å². The minimum atomic E-state index is -4.50. The largest absolute Gasteiger partial charge is 0.493 e. The molecule has 0 radical (unpaired) electrons. The summed E-state index contributed by atoms with van der Waals surface area (Å²) in [5.41, 5.74) is 1.91. The number of rotatable bonds is 8. The summed E-state index contributed by atoms with van der Waals surface area (Å²) in [4.78, 5) is 13.6. The monoisotopic (exact) mass is 510 g/mol. The first kappa shape index (κ1) is 25.4. The van der Waals surface area contributed by atoms with E-state index in [1.807, 2.05) is 0 Å². The molecule has 3 rings (SSSR count). The number of nitrogens with zero attached hydrogens (tertiary/aromatic N) is 3. The number of hydrogen-bond acceptors (Lipinski definition) is 9. The smallest absolute Gasteiger partial charge is 0.417 e. The molecule has 35 heavy (non-hydrogen) atoms. The number of aromatic nitrogens is 1. The van der Waals surface area contributed by atoms with E-state index in [2.05, 4.69) is 15.5 Å². The van der Waals surface area contributed by atoms with Gasteiger partial charge in [0.2, 0.25) is 0 Å². The number of benzene rings is 2. The Morgan fingerprint density at radius 2 is 1.86 bits per heavy atom. The van der Waals surface area contributed by atoms with Crippen LogP contribution in [0.5, 0.6) is 11.5 Å². The maximum Gasteiger partial charge on any atom is 0.417 e. The van der Waals surface area contributed by atoms with Crippen LogP contribution in [-0.4, -0.2) is 31.6 Å². The maximum atomic E-state index is 12.6. The molecule has 0 aliphatic rings. The molecule has 3 aromatic rings. The van der Waals surface area contributed by atoms with Gasteiger partial charge in [0.15, 0.2) is 11.5 Å². The molecule has 0 spiro atoms. The SMILES string of the molecule is COc1cc(/C=N/Nc2ccc(C(F)(F)F)cn2)ccc1OS(=O)(=O)c1ccc(C)c([N+](=O)[O-])c1. The first-order valence-electron chi connectivity index (χ1n) is 9.60. The lowest BCUT2D eigenvalue weighted by Gasteiger charge is -2.11. The Bertz CT molecular complexity index is 1380. The minimum absolute atomic E-state index is 0.0202. The number of anilines is 1. The molecule has 1 aromatic heterocycles. The molecular formula is C21H17F3N4O6S. The zero-order valence-electron chi connectivity index (χ0n) is 18.1. The first-order chi connectivity index (χ1) is 16.4. The van der Waals surface area contributed by atoms with Gasteiger partial charge in [0.1, 0.15) is 10.7 Å². The fourth-order valence-corrected chi connectivity index (χ4v) is 3.70. The van der Waals surface area contributed by atoms with Crippen molar-refractivity contribution >= 4 is 27.8 Å². The topological polar surface area (TPSA) is 133 Å². The summed E-state index contributed by atoms with van der Waals surface area (Å²) >= 11 is 0. The molecule has 10 nitrogen and oxygen atoms in total. The highest BCUT2D eigenvalue weighted by molar-refractivity contribution is 7.87. The van der Waals surface area contributed by atoms with Gasteiger partial charge in [-0.3, -0.25) is 15.5 Å². The first-order valence-corrected chi connectivity index (χ1v) is 11.0. The van der Waals surface area contributed by atoms with Gasteiger partial charge in [0.25, 0.3) is 5.69 Å². The van der Waals surface area contributed by atoms with Crippen LogP contribution in [-0.2, 0) is 16.3 Å². The predicted octanol–water partition coefficient (Wildman–Crippen LogP) is 4.54. The Morgan fingerprint density at radius 3 is 2.46 bits per heavy atom. The highest BCUT2D eigenvalue weighted by Gasteiger charge is 2.30. The lowest BCUT2D eigenvalue weighted by Crippen LogP contribution is -2.11. The minimum Gasteiger partial charge on any atom is -0.493 e. The second kappa shape index (κ2) is 9.97. The van der Waals surface area contributed by atoms with Gasteiger partial charge in [-0.1, -0.05) is 6.07 Å². The Kier molecular flexibility index (Phi) is 7.24. The number of hydrazone groups is 1. The Hall–Kier alpha value is -4.20. The Morgan fingerprint density at radius 1 is 1.11 bits per heavy atom. The van der Waals surface area contributed by atoms with E-state index in [-0.39, 0.29) is 28.6 Å². The van der Waals surface area contributed by atoms with E-state index in [1.54, 1.807) is 0 Å². The molecule has 0 saturated carbocycles. The summed E-state index contributed by atoms with van der Waals surface area (Å²) in [6, 6.07) is 9.47. The summed E-state index contributed by atoms with van der Waals surface area (Å²) in [6.07, 6.45) is -2.55. The van der Waals surface area contributed by atoms with E-state index < -0.39 is 31.7 Å².